The van der Waals surface area contributed by atoms with Gasteiger partial charge in [0.25, 0.3) is 5.91 Å². The standard InChI is InChI=1S/C12H20N2O5S/c1-12(2)7-18-11(17)19-9(12)10(16)14-4-3-8(15)13-5-6-20/h9,20H,3-7H2,1-2H3,(H,13,15)(H,14,16)/t9-/m1/s1. The molecule has 114 valence electrons. The monoisotopic (exact) mass is 304 g/mol. The highest BCUT2D eigenvalue weighted by atomic mass is 32.1. The van der Waals surface area contributed by atoms with E-state index < -0.39 is 23.6 Å². The van der Waals surface area contributed by atoms with Crippen LogP contribution in [0.4, 0.5) is 4.79 Å². The second kappa shape index (κ2) is 7.37. The van der Waals surface area contributed by atoms with Crippen LogP contribution in [0.1, 0.15) is 20.3 Å². The number of carbonyl (C=O) groups is 3. The lowest BCUT2D eigenvalue weighted by atomic mass is 9.86. The zero-order chi connectivity index (χ0) is 15.2. The van der Waals surface area contributed by atoms with E-state index in [2.05, 4.69) is 23.3 Å². The molecule has 1 rings (SSSR count). The van der Waals surface area contributed by atoms with E-state index in [1.807, 2.05) is 0 Å². The number of cyclic esters (lactones) is 2. The molecule has 1 heterocycles. The average Bonchev–Trinajstić information content (AvgIpc) is 2.39. The fourth-order valence-electron chi connectivity index (χ4n) is 1.69. The molecule has 0 aromatic carbocycles. The summed E-state index contributed by atoms with van der Waals surface area (Å²) in [5, 5.41) is 5.22. The van der Waals surface area contributed by atoms with Crippen molar-refractivity contribution in [1.29, 1.82) is 0 Å². The van der Waals surface area contributed by atoms with Crippen LogP contribution in [-0.2, 0) is 19.1 Å². The fraction of sp³-hybridized carbons (Fsp3) is 0.750. The number of thiol groups is 1. The molecule has 0 saturated carbocycles. The minimum absolute atomic E-state index is 0.117. The lowest BCUT2D eigenvalue weighted by Crippen LogP contribution is -2.52. The molecule has 0 aliphatic carbocycles. The first kappa shape index (κ1) is 16.6. The molecule has 0 aromatic heterocycles. The molecular weight excluding hydrogens is 284 g/mol. The van der Waals surface area contributed by atoms with Crippen molar-refractivity contribution >= 4 is 30.6 Å². The van der Waals surface area contributed by atoms with Crippen LogP contribution in [0.25, 0.3) is 0 Å². The molecule has 0 aromatic rings. The van der Waals surface area contributed by atoms with Crippen molar-refractivity contribution in [3.8, 4) is 0 Å². The van der Waals surface area contributed by atoms with Crippen LogP contribution >= 0.6 is 12.6 Å². The normalized spacial score (nSPS) is 20.6. The van der Waals surface area contributed by atoms with Crippen LogP contribution < -0.4 is 10.6 Å². The maximum atomic E-state index is 12.0. The fourth-order valence-corrected chi connectivity index (χ4v) is 1.81. The predicted octanol–water partition coefficient (Wildman–Crippen LogP) is 0.100. The second-order valence-corrected chi connectivity index (χ2v) is 5.59. The molecule has 1 aliphatic heterocycles. The maximum Gasteiger partial charge on any atom is 0.509 e. The molecule has 0 bridgehead atoms. The van der Waals surface area contributed by atoms with E-state index in [0.717, 1.165) is 0 Å². The predicted molar refractivity (Wildman–Crippen MR) is 74.5 cm³/mol. The van der Waals surface area contributed by atoms with Crippen LogP contribution in [0, 0.1) is 5.41 Å². The Hall–Kier alpha value is -1.44. The molecule has 0 radical (unpaired) electrons. The molecule has 7 nitrogen and oxygen atoms in total. The quantitative estimate of drug-likeness (QED) is 0.478. The third kappa shape index (κ3) is 4.92. The van der Waals surface area contributed by atoms with E-state index in [1.54, 1.807) is 13.8 Å². The third-order valence-electron chi connectivity index (χ3n) is 2.81. The number of amides is 2. The van der Waals surface area contributed by atoms with E-state index in [-0.39, 0.29) is 25.5 Å². The molecule has 1 saturated heterocycles. The van der Waals surface area contributed by atoms with Gasteiger partial charge in [-0.1, -0.05) is 13.8 Å². The van der Waals surface area contributed by atoms with Gasteiger partial charge in [-0.2, -0.15) is 12.6 Å². The van der Waals surface area contributed by atoms with Gasteiger partial charge in [0.2, 0.25) is 5.91 Å². The van der Waals surface area contributed by atoms with Gasteiger partial charge in [-0.3, -0.25) is 9.59 Å². The highest BCUT2D eigenvalue weighted by Crippen LogP contribution is 2.28. The highest BCUT2D eigenvalue weighted by Gasteiger charge is 2.43. The maximum absolute atomic E-state index is 12.0. The topological polar surface area (TPSA) is 93.7 Å². The molecule has 0 spiro atoms. The lowest BCUT2D eigenvalue weighted by molar-refractivity contribution is -0.149. The van der Waals surface area contributed by atoms with E-state index in [4.69, 9.17) is 9.47 Å². The highest BCUT2D eigenvalue weighted by molar-refractivity contribution is 7.80. The zero-order valence-electron chi connectivity index (χ0n) is 11.6. The summed E-state index contributed by atoms with van der Waals surface area (Å²) in [6, 6.07) is 0. The van der Waals surface area contributed by atoms with Crippen molar-refractivity contribution in [2.75, 3.05) is 25.4 Å². The van der Waals surface area contributed by atoms with Gasteiger partial charge in [0, 0.05) is 30.7 Å². The molecular formula is C12H20N2O5S. The van der Waals surface area contributed by atoms with Gasteiger partial charge in [-0.15, -0.1) is 0 Å². The molecule has 1 aliphatic rings. The van der Waals surface area contributed by atoms with E-state index >= 15 is 0 Å². The average molecular weight is 304 g/mol. The Morgan fingerprint density at radius 2 is 2.05 bits per heavy atom. The number of rotatable bonds is 6. The van der Waals surface area contributed by atoms with Crippen molar-refractivity contribution in [3.05, 3.63) is 0 Å². The van der Waals surface area contributed by atoms with Gasteiger partial charge in [0.15, 0.2) is 6.10 Å². The Bertz CT molecular complexity index is 386. The van der Waals surface area contributed by atoms with E-state index in [0.29, 0.717) is 12.3 Å². The minimum atomic E-state index is -0.913. The summed E-state index contributed by atoms with van der Waals surface area (Å²) >= 11 is 3.97. The number of ether oxygens (including phenoxy) is 2. The number of carbonyl (C=O) groups excluding carboxylic acids is 3. The molecule has 8 heteroatoms. The Kier molecular flexibility index (Phi) is 6.12. The van der Waals surface area contributed by atoms with Crippen molar-refractivity contribution in [1.82, 2.24) is 10.6 Å². The summed E-state index contributed by atoms with van der Waals surface area (Å²) in [6.07, 6.45) is -1.60. The summed E-state index contributed by atoms with van der Waals surface area (Å²) in [5.74, 6) is -0.0270. The largest absolute Gasteiger partial charge is 0.509 e. The van der Waals surface area contributed by atoms with Crippen molar-refractivity contribution < 1.29 is 23.9 Å². The van der Waals surface area contributed by atoms with Gasteiger partial charge in [-0.25, -0.2) is 4.79 Å². The molecule has 20 heavy (non-hydrogen) atoms. The van der Waals surface area contributed by atoms with Gasteiger partial charge in [0.05, 0.1) is 0 Å². The van der Waals surface area contributed by atoms with Crippen molar-refractivity contribution in [2.45, 2.75) is 26.4 Å². The molecule has 0 unspecified atom stereocenters. The second-order valence-electron chi connectivity index (χ2n) is 5.14. The van der Waals surface area contributed by atoms with E-state index in [1.165, 1.54) is 0 Å². The molecule has 2 N–H and O–H groups in total. The summed E-state index contributed by atoms with van der Waals surface area (Å²) in [5.41, 5.74) is -0.605. The number of hydrogen-bond acceptors (Lipinski definition) is 6. The Morgan fingerprint density at radius 1 is 1.35 bits per heavy atom. The number of nitrogens with one attached hydrogen (secondary N) is 2. The smallest absolute Gasteiger partial charge is 0.434 e. The molecule has 1 fully saturated rings. The first-order valence-corrected chi connectivity index (χ1v) is 6.99. The summed E-state index contributed by atoms with van der Waals surface area (Å²) in [6.45, 7) is 4.32. The van der Waals surface area contributed by atoms with Crippen LogP contribution in [0.15, 0.2) is 0 Å². The Labute approximate surface area is 123 Å². The van der Waals surface area contributed by atoms with Gasteiger partial charge < -0.3 is 20.1 Å². The lowest BCUT2D eigenvalue weighted by Gasteiger charge is -2.35. The van der Waals surface area contributed by atoms with E-state index in [9.17, 15) is 14.4 Å². The van der Waals surface area contributed by atoms with Crippen molar-refractivity contribution in [3.63, 3.8) is 0 Å². The van der Waals surface area contributed by atoms with Gasteiger partial charge in [-0.05, 0) is 0 Å². The first-order chi connectivity index (χ1) is 9.36. The third-order valence-corrected chi connectivity index (χ3v) is 3.03. The number of hydrogen-bond donors (Lipinski definition) is 3. The minimum Gasteiger partial charge on any atom is -0.434 e. The van der Waals surface area contributed by atoms with Crippen LogP contribution in [0.2, 0.25) is 0 Å². The van der Waals surface area contributed by atoms with Crippen LogP contribution in [0.5, 0.6) is 0 Å². The van der Waals surface area contributed by atoms with Gasteiger partial charge >= 0.3 is 6.16 Å². The summed E-state index contributed by atoms with van der Waals surface area (Å²) < 4.78 is 9.65. The van der Waals surface area contributed by atoms with Crippen LogP contribution in [-0.4, -0.2) is 49.5 Å². The molecule has 2 amide bonds. The van der Waals surface area contributed by atoms with Crippen molar-refractivity contribution in [2.24, 2.45) is 5.41 Å². The Morgan fingerprint density at radius 3 is 2.70 bits per heavy atom. The SMILES string of the molecule is CC1(C)COC(=O)O[C@@H]1C(=O)NCCC(=O)NCCS. The van der Waals surface area contributed by atoms with Crippen LogP contribution in [0.3, 0.4) is 0 Å². The van der Waals surface area contributed by atoms with Gasteiger partial charge in [0.1, 0.15) is 6.61 Å². The summed E-state index contributed by atoms with van der Waals surface area (Å²) in [7, 11) is 0. The Balaban J connectivity index is 2.38. The first-order valence-electron chi connectivity index (χ1n) is 6.35. The zero-order valence-corrected chi connectivity index (χ0v) is 12.5. The molecule has 1 atom stereocenters. The summed E-state index contributed by atoms with van der Waals surface area (Å²) in [4.78, 5) is 34.4.